The molecule has 2 unspecified atom stereocenters. The third-order valence-corrected chi connectivity index (χ3v) is 14.7. The fraction of sp³-hybridized carbons (Fsp3) is 1.00. The average molecular weight is 574 g/mol. The first-order valence-corrected chi connectivity index (χ1v) is 16.8. The van der Waals surface area contributed by atoms with Gasteiger partial charge in [0.25, 0.3) is 0 Å². The molecule has 0 spiro atoms. The van der Waals surface area contributed by atoms with E-state index in [-0.39, 0.29) is 40.8 Å². The Hall–Kier alpha value is -0.270. The van der Waals surface area contributed by atoms with Crippen LogP contribution in [-0.2, 0) is 15.9 Å². The highest BCUT2D eigenvalue weighted by Crippen LogP contribution is 2.69. The maximum Gasteiger partial charge on any atom is 0.462 e. The van der Waals surface area contributed by atoms with E-state index in [4.69, 9.17) is 0 Å². The molecule has 0 heterocycles. The van der Waals surface area contributed by atoms with Crippen LogP contribution in [0, 0.1) is 52.3 Å². The molecule has 0 radical (unpaired) electrons. The Labute approximate surface area is 238 Å². The Morgan fingerprint density at radius 3 is 2.15 bits per heavy atom. The van der Waals surface area contributed by atoms with Crippen LogP contribution in [0.4, 0.5) is 13.2 Å². The lowest BCUT2D eigenvalue weighted by atomic mass is 9.43. The van der Waals surface area contributed by atoms with Gasteiger partial charge in [-0.2, -0.15) is 13.2 Å². The zero-order valence-corrected chi connectivity index (χ0v) is 25.4. The molecule has 0 amide bonds. The molecular formula is C32H52F3O3S+. The molecular weight excluding hydrogens is 521 g/mol. The second-order valence-electron chi connectivity index (χ2n) is 15.4. The monoisotopic (exact) mass is 573 g/mol. The molecule has 0 saturated heterocycles. The lowest BCUT2D eigenvalue weighted by Gasteiger charge is -2.62. The number of hydrogen-bond donors (Lipinski definition) is 2. The number of fused-ring (bicyclic) bond motifs is 5. The molecule has 5 aliphatic carbocycles. The van der Waals surface area contributed by atoms with Crippen LogP contribution in [0.5, 0.6) is 0 Å². The summed E-state index contributed by atoms with van der Waals surface area (Å²) in [5.41, 5.74) is -3.20. The van der Waals surface area contributed by atoms with E-state index in [1.54, 1.807) is 0 Å². The highest BCUT2D eigenvalue weighted by molar-refractivity contribution is 7.66. The highest BCUT2D eigenvalue weighted by atomic mass is 32.1. The molecule has 0 aliphatic heterocycles. The zero-order valence-electron chi connectivity index (χ0n) is 24.6. The highest BCUT2D eigenvalue weighted by Gasteiger charge is 2.65. The maximum atomic E-state index is 13.7. The third-order valence-electron chi connectivity index (χ3n) is 13.9. The fourth-order valence-electron chi connectivity index (χ4n) is 11.2. The first-order chi connectivity index (χ1) is 18.2. The molecule has 5 aliphatic rings. The summed E-state index contributed by atoms with van der Waals surface area (Å²) in [6, 6.07) is 0. The lowest BCUT2D eigenvalue weighted by molar-refractivity contribution is -0.290. The predicted octanol–water partition coefficient (Wildman–Crippen LogP) is 8.09. The SMILES string of the molecule is CCC1CCC(O)(CC([S+]=O)[C@@H](C)C2CC[C@H]3[C@@H]4CC[C@H]5C[C@](O)(C(F)(F)F)CC[C@]5(C)[C@H]4CC[C@]23C)CC1. The fourth-order valence-corrected chi connectivity index (χ4v) is 11.9. The van der Waals surface area contributed by atoms with Crippen LogP contribution in [0.25, 0.3) is 0 Å². The third kappa shape index (κ3) is 5.04. The van der Waals surface area contributed by atoms with Gasteiger partial charge in [-0.05, 0) is 130 Å². The summed E-state index contributed by atoms with van der Waals surface area (Å²) in [5, 5.41) is 21.8. The van der Waals surface area contributed by atoms with Crippen LogP contribution in [0.2, 0.25) is 0 Å². The molecule has 0 aromatic heterocycles. The van der Waals surface area contributed by atoms with Crippen LogP contribution < -0.4 is 0 Å². The van der Waals surface area contributed by atoms with E-state index in [9.17, 15) is 27.6 Å². The van der Waals surface area contributed by atoms with Gasteiger partial charge in [0.2, 0.25) is 5.25 Å². The van der Waals surface area contributed by atoms with Crippen molar-refractivity contribution in [2.75, 3.05) is 0 Å². The summed E-state index contributed by atoms with van der Waals surface area (Å²) >= 11 is 0.715. The van der Waals surface area contributed by atoms with E-state index in [0.29, 0.717) is 54.1 Å². The minimum absolute atomic E-state index is 0.0654. The Bertz CT molecular complexity index is 904. The van der Waals surface area contributed by atoms with Crippen molar-refractivity contribution in [1.29, 1.82) is 0 Å². The van der Waals surface area contributed by atoms with Crippen molar-refractivity contribution in [1.82, 2.24) is 0 Å². The van der Waals surface area contributed by atoms with Crippen molar-refractivity contribution in [2.24, 2.45) is 52.3 Å². The van der Waals surface area contributed by atoms with Gasteiger partial charge in [0.05, 0.1) is 5.60 Å². The van der Waals surface area contributed by atoms with E-state index in [1.807, 2.05) is 0 Å². The van der Waals surface area contributed by atoms with Crippen LogP contribution in [0.1, 0.15) is 124 Å². The summed E-state index contributed by atoms with van der Waals surface area (Å²) in [7, 11) is 0. The largest absolute Gasteiger partial charge is 0.462 e. The summed E-state index contributed by atoms with van der Waals surface area (Å²) < 4.78 is 53.6. The zero-order chi connectivity index (χ0) is 28.4. The molecule has 0 aromatic rings. The van der Waals surface area contributed by atoms with Gasteiger partial charge in [-0.25, -0.2) is 0 Å². The number of halogens is 3. The smallest absolute Gasteiger partial charge is 0.390 e. The average Bonchev–Trinajstić information content (AvgIpc) is 3.24. The van der Waals surface area contributed by atoms with E-state index in [1.165, 1.54) is 6.42 Å². The number of rotatable bonds is 6. The van der Waals surface area contributed by atoms with E-state index >= 15 is 0 Å². The molecule has 10 atom stereocenters. The maximum absolute atomic E-state index is 13.7. The minimum atomic E-state index is -4.55. The number of hydrogen-bond acceptors (Lipinski definition) is 3. The van der Waals surface area contributed by atoms with Gasteiger partial charge in [-0.15, -0.1) is 0 Å². The topological polar surface area (TPSA) is 57.5 Å². The Balaban J connectivity index is 1.28. The molecule has 5 rings (SSSR count). The van der Waals surface area contributed by atoms with Gasteiger partial charge in [-0.3, -0.25) is 0 Å². The van der Waals surface area contributed by atoms with Crippen molar-refractivity contribution in [3.05, 3.63) is 0 Å². The van der Waals surface area contributed by atoms with Crippen LogP contribution in [-0.4, -0.2) is 32.8 Å². The molecule has 0 aromatic carbocycles. The van der Waals surface area contributed by atoms with Crippen LogP contribution in [0.15, 0.2) is 0 Å². The summed E-state index contributed by atoms with van der Waals surface area (Å²) in [5.74, 6) is 2.86. The molecule has 39 heavy (non-hydrogen) atoms. The molecule has 5 saturated carbocycles. The Morgan fingerprint density at radius 1 is 0.872 bits per heavy atom. The standard InChI is InChI=1S/C32H52F3O3S/c1-5-21-10-14-30(36,15-11-21)19-27(39-38)20(2)24-8-9-25-23-7-6-22-18-31(37,32(33,34)35)17-16-28(22,3)26(23)12-13-29(24,25)4/h20-27,36-37H,5-19H2,1-4H3/q+1/t20-,21?,22-,23-,24?,25-,26-,27?,28-,29+,30?,31-/m0/s1. The van der Waals surface area contributed by atoms with E-state index in [2.05, 4.69) is 27.7 Å². The van der Waals surface area contributed by atoms with Crippen molar-refractivity contribution < 1.29 is 27.6 Å². The summed E-state index contributed by atoms with van der Waals surface area (Å²) in [6.45, 7) is 9.18. The van der Waals surface area contributed by atoms with Crippen molar-refractivity contribution >= 4 is 11.7 Å². The van der Waals surface area contributed by atoms with Gasteiger partial charge in [0.1, 0.15) is 0 Å². The van der Waals surface area contributed by atoms with Crippen LogP contribution in [0.3, 0.4) is 0 Å². The van der Waals surface area contributed by atoms with Gasteiger partial charge in [0, 0.05) is 16.5 Å². The Morgan fingerprint density at radius 2 is 1.54 bits per heavy atom. The molecule has 0 bridgehead atoms. The number of alkyl halides is 3. The van der Waals surface area contributed by atoms with Gasteiger partial charge >= 0.3 is 17.8 Å². The van der Waals surface area contributed by atoms with Crippen molar-refractivity contribution in [2.45, 2.75) is 147 Å². The number of aliphatic hydroxyl groups is 2. The first kappa shape index (κ1) is 30.2. The first-order valence-electron chi connectivity index (χ1n) is 16.0. The molecule has 3 nitrogen and oxygen atoms in total. The summed E-state index contributed by atoms with van der Waals surface area (Å²) in [6.07, 6.45) is 7.28. The van der Waals surface area contributed by atoms with Gasteiger partial charge in [-0.1, -0.05) is 34.1 Å². The molecule has 5 fully saturated rings. The van der Waals surface area contributed by atoms with Crippen molar-refractivity contribution in [3.63, 3.8) is 0 Å². The van der Waals surface area contributed by atoms with Crippen molar-refractivity contribution in [3.8, 4) is 0 Å². The molecule has 224 valence electrons. The lowest BCUT2D eigenvalue weighted by Crippen LogP contribution is -2.59. The summed E-state index contributed by atoms with van der Waals surface area (Å²) in [4.78, 5) is 0. The van der Waals surface area contributed by atoms with Gasteiger partial charge in [0.15, 0.2) is 5.60 Å². The molecule has 7 heteroatoms. The predicted molar refractivity (Wildman–Crippen MR) is 149 cm³/mol. The second kappa shape index (κ2) is 10.5. The van der Waals surface area contributed by atoms with E-state index in [0.717, 1.165) is 64.2 Å². The quantitative estimate of drug-likeness (QED) is 0.316. The molecule has 2 N–H and O–H groups in total. The van der Waals surface area contributed by atoms with Crippen LogP contribution >= 0.6 is 0 Å². The second-order valence-corrected chi connectivity index (χ2v) is 16.2. The normalized spacial score (nSPS) is 49.9. The van der Waals surface area contributed by atoms with E-state index < -0.39 is 17.4 Å². The Kier molecular flexibility index (Phi) is 8.11. The van der Waals surface area contributed by atoms with Gasteiger partial charge < -0.3 is 10.2 Å². The minimum Gasteiger partial charge on any atom is -0.390 e.